The molecule has 6 heteroatoms. The van der Waals surface area contributed by atoms with Crippen molar-refractivity contribution in [2.45, 2.75) is 13.0 Å². The zero-order valence-electron chi connectivity index (χ0n) is 15.1. The minimum absolute atomic E-state index is 0. The van der Waals surface area contributed by atoms with Crippen LogP contribution < -0.4 is 4.80 Å². The Morgan fingerprint density at radius 1 is 0.964 bits per heavy atom. The zero-order chi connectivity index (χ0) is 18.6. The summed E-state index contributed by atoms with van der Waals surface area (Å²) in [6, 6.07) is 20.8. The topological polar surface area (TPSA) is 37.5 Å². The summed E-state index contributed by atoms with van der Waals surface area (Å²) >= 11 is 1.55. The van der Waals surface area contributed by atoms with Crippen LogP contribution >= 0.6 is 28.3 Å². The SMILES string of the molecule is Br.OCCCn1c(-c2ccc3ccccc3c2)csc1=Nc1ccc(F)cc1. The summed E-state index contributed by atoms with van der Waals surface area (Å²) in [7, 11) is 0. The van der Waals surface area contributed by atoms with Crippen LogP contribution in [-0.2, 0) is 6.54 Å². The van der Waals surface area contributed by atoms with Gasteiger partial charge in [-0.05, 0) is 53.1 Å². The second-order valence-corrected chi connectivity index (χ2v) is 7.12. The second kappa shape index (κ2) is 9.28. The van der Waals surface area contributed by atoms with Crippen LogP contribution in [0.5, 0.6) is 0 Å². The van der Waals surface area contributed by atoms with E-state index in [9.17, 15) is 9.50 Å². The number of rotatable bonds is 5. The molecule has 3 nitrogen and oxygen atoms in total. The van der Waals surface area contributed by atoms with E-state index in [2.05, 4.69) is 45.3 Å². The minimum Gasteiger partial charge on any atom is -0.396 e. The van der Waals surface area contributed by atoms with E-state index in [-0.39, 0.29) is 29.4 Å². The van der Waals surface area contributed by atoms with Crippen molar-refractivity contribution in [2.24, 2.45) is 4.99 Å². The molecule has 0 saturated carbocycles. The van der Waals surface area contributed by atoms with Gasteiger partial charge in [0.15, 0.2) is 4.80 Å². The molecule has 4 aromatic rings. The molecule has 1 N–H and O–H groups in total. The van der Waals surface area contributed by atoms with Crippen molar-refractivity contribution in [3.8, 4) is 11.3 Å². The van der Waals surface area contributed by atoms with Gasteiger partial charge in [-0.1, -0.05) is 36.4 Å². The first kappa shape index (κ1) is 20.5. The monoisotopic (exact) mass is 458 g/mol. The molecule has 0 bridgehead atoms. The number of aliphatic hydroxyl groups is 1. The van der Waals surface area contributed by atoms with Gasteiger partial charge in [-0.3, -0.25) is 0 Å². The highest BCUT2D eigenvalue weighted by molar-refractivity contribution is 8.93. The largest absolute Gasteiger partial charge is 0.396 e. The predicted molar refractivity (Wildman–Crippen MR) is 119 cm³/mol. The van der Waals surface area contributed by atoms with E-state index in [1.165, 1.54) is 22.9 Å². The number of thiazole rings is 1. The molecule has 28 heavy (non-hydrogen) atoms. The third kappa shape index (κ3) is 4.41. The van der Waals surface area contributed by atoms with E-state index >= 15 is 0 Å². The van der Waals surface area contributed by atoms with Gasteiger partial charge in [0.1, 0.15) is 5.82 Å². The van der Waals surface area contributed by atoms with Gasteiger partial charge in [0.05, 0.1) is 11.4 Å². The van der Waals surface area contributed by atoms with Crippen LogP contribution in [0.4, 0.5) is 10.1 Å². The van der Waals surface area contributed by atoms with Crippen molar-refractivity contribution < 1.29 is 9.50 Å². The van der Waals surface area contributed by atoms with E-state index < -0.39 is 0 Å². The van der Waals surface area contributed by atoms with E-state index in [1.54, 1.807) is 23.5 Å². The van der Waals surface area contributed by atoms with Crippen molar-refractivity contribution >= 4 is 44.8 Å². The summed E-state index contributed by atoms with van der Waals surface area (Å²) < 4.78 is 15.3. The first-order valence-electron chi connectivity index (χ1n) is 8.83. The molecular weight excluding hydrogens is 439 g/mol. The zero-order valence-corrected chi connectivity index (χ0v) is 17.6. The van der Waals surface area contributed by atoms with Gasteiger partial charge in [-0.25, -0.2) is 9.38 Å². The lowest BCUT2D eigenvalue weighted by Crippen LogP contribution is -2.16. The first-order valence-corrected chi connectivity index (χ1v) is 9.71. The lowest BCUT2D eigenvalue weighted by Gasteiger charge is -2.09. The van der Waals surface area contributed by atoms with Crippen molar-refractivity contribution in [3.05, 3.63) is 82.7 Å². The van der Waals surface area contributed by atoms with Crippen LogP contribution in [0.25, 0.3) is 22.0 Å². The van der Waals surface area contributed by atoms with Gasteiger partial charge in [-0.2, -0.15) is 0 Å². The van der Waals surface area contributed by atoms with Gasteiger partial charge in [0.25, 0.3) is 0 Å². The Morgan fingerprint density at radius 2 is 1.71 bits per heavy atom. The summed E-state index contributed by atoms with van der Waals surface area (Å²) in [4.78, 5) is 5.51. The molecule has 0 saturated heterocycles. The molecule has 144 valence electrons. The molecule has 0 amide bonds. The molecule has 1 aromatic heterocycles. The minimum atomic E-state index is -0.273. The molecule has 0 unspecified atom stereocenters. The molecule has 4 rings (SSSR count). The average molecular weight is 459 g/mol. The third-order valence-electron chi connectivity index (χ3n) is 4.43. The number of benzene rings is 3. The van der Waals surface area contributed by atoms with Gasteiger partial charge >= 0.3 is 0 Å². The smallest absolute Gasteiger partial charge is 0.190 e. The normalized spacial score (nSPS) is 11.6. The van der Waals surface area contributed by atoms with Crippen molar-refractivity contribution in [2.75, 3.05) is 6.61 Å². The maximum Gasteiger partial charge on any atom is 0.190 e. The summed E-state index contributed by atoms with van der Waals surface area (Å²) in [5, 5.41) is 13.8. The second-order valence-electron chi connectivity index (χ2n) is 6.28. The highest BCUT2D eigenvalue weighted by Gasteiger charge is 2.09. The van der Waals surface area contributed by atoms with E-state index in [1.807, 2.05) is 12.1 Å². The fraction of sp³-hybridized carbons (Fsp3) is 0.136. The summed E-state index contributed by atoms with van der Waals surface area (Å²) in [5.74, 6) is -0.273. The predicted octanol–water partition coefficient (Wildman–Crippen LogP) is 5.70. The quantitative estimate of drug-likeness (QED) is 0.409. The number of nitrogens with zero attached hydrogens (tertiary/aromatic N) is 2. The number of aliphatic hydroxyl groups excluding tert-OH is 1. The van der Waals surface area contributed by atoms with Crippen molar-refractivity contribution in [1.29, 1.82) is 0 Å². The molecule has 0 atom stereocenters. The maximum absolute atomic E-state index is 13.2. The molecule has 0 radical (unpaired) electrons. The molecule has 0 aliphatic heterocycles. The fourth-order valence-electron chi connectivity index (χ4n) is 3.07. The maximum atomic E-state index is 13.2. The first-order chi connectivity index (χ1) is 13.2. The standard InChI is InChI=1S/C22H19FN2OS.BrH/c23-19-8-10-20(11-9-19)24-22-25(12-3-13-26)21(15-27-22)18-7-6-16-4-1-2-5-17(16)14-18;/h1-2,4-11,14-15,26H,3,12-13H2;1H. The molecule has 0 aliphatic rings. The van der Waals surface area contributed by atoms with E-state index in [0.29, 0.717) is 18.7 Å². The molecule has 0 fully saturated rings. The Hall–Kier alpha value is -2.28. The highest BCUT2D eigenvalue weighted by atomic mass is 79.9. The highest BCUT2D eigenvalue weighted by Crippen LogP contribution is 2.25. The van der Waals surface area contributed by atoms with Crippen LogP contribution in [0.3, 0.4) is 0 Å². The van der Waals surface area contributed by atoms with Crippen LogP contribution in [0.1, 0.15) is 6.42 Å². The molecule has 3 aromatic carbocycles. The Morgan fingerprint density at radius 3 is 2.46 bits per heavy atom. The lowest BCUT2D eigenvalue weighted by molar-refractivity contribution is 0.279. The molecular formula is C22H20BrFN2OS. The van der Waals surface area contributed by atoms with Crippen molar-refractivity contribution in [1.82, 2.24) is 4.57 Å². The third-order valence-corrected chi connectivity index (χ3v) is 5.30. The number of fused-ring (bicyclic) bond motifs is 1. The summed E-state index contributed by atoms with van der Waals surface area (Å²) in [6.45, 7) is 0.790. The van der Waals surface area contributed by atoms with Gasteiger partial charge in [-0.15, -0.1) is 28.3 Å². The number of aromatic nitrogens is 1. The van der Waals surface area contributed by atoms with E-state index in [4.69, 9.17) is 0 Å². The number of hydrogen-bond donors (Lipinski definition) is 1. The molecule has 0 aliphatic carbocycles. The Bertz CT molecular complexity index is 1140. The number of halogens is 2. The molecule has 1 heterocycles. The van der Waals surface area contributed by atoms with Crippen LogP contribution in [-0.4, -0.2) is 16.3 Å². The Labute approximate surface area is 177 Å². The van der Waals surface area contributed by atoms with Crippen molar-refractivity contribution in [3.63, 3.8) is 0 Å². The Balaban J connectivity index is 0.00000225. The van der Waals surface area contributed by atoms with Gasteiger partial charge < -0.3 is 9.67 Å². The van der Waals surface area contributed by atoms with Crippen LogP contribution in [0, 0.1) is 5.82 Å². The fourth-order valence-corrected chi connectivity index (χ4v) is 4.02. The average Bonchev–Trinajstić information content (AvgIpc) is 3.10. The van der Waals surface area contributed by atoms with E-state index in [0.717, 1.165) is 16.1 Å². The van der Waals surface area contributed by atoms with Gasteiger partial charge in [0, 0.05) is 18.5 Å². The number of hydrogen-bond acceptors (Lipinski definition) is 3. The van der Waals surface area contributed by atoms with Crippen LogP contribution in [0.2, 0.25) is 0 Å². The molecule has 0 spiro atoms. The summed E-state index contributed by atoms with van der Waals surface area (Å²) in [5.41, 5.74) is 2.89. The van der Waals surface area contributed by atoms with Crippen LogP contribution in [0.15, 0.2) is 77.1 Å². The Kier molecular flexibility index (Phi) is 6.78. The van der Waals surface area contributed by atoms with Gasteiger partial charge in [0.2, 0.25) is 0 Å². The summed E-state index contributed by atoms with van der Waals surface area (Å²) in [6.07, 6.45) is 0.647. The lowest BCUT2D eigenvalue weighted by atomic mass is 10.1.